The van der Waals surface area contributed by atoms with Gasteiger partial charge >= 0.3 is 0 Å². The molecule has 18 heavy (non-hydrogen) atoms. The molecule has 0 amide bonds. The molecule has 4 heteroatoms. The van der Waals surface area contributed by atoms with Crippen molar-refractivity contribution in [3.63, 3.8) is 0 Å². The smallest absolute Gasteiger partial charge is 0.131 e. The van der Waals surface area contributed by atoms with E-state index in [1.807, 2.05) is 29.6 Å². The monoisotopic (exact) mass is 263 g/mol. The van der Waals surface area contributed by atoms with Crippen LogP contribution in [0.1, 0.15) is 36.4 Å². The van der Waals surface area contributed by atoms with Gasteiger partial charge < -0.3 is 9.84 Å². The summed E-state index contributed by atoms with van der Waals surface area (Å²) in [6, 6.07) is 7.57. The largest absolute Gasteiger partial charge is 0.494 e. The summed E-state index contributed by atoms with van der Waals surface area (Å²) in [6.07, 6.45) is 3.19. The number of nitrogens with zero attached hydrogens (tertiary/aromatic N) is 1. The predicted molar refractivity (Wildman–Crippen MR) is 73.0 cm³/mol. The SMILES string of the molecule is CCCCOc1cccc(C(O)c2nccs2)c1. The highest BCUT2D eigenvalue weighted by Crippen LogP contribution is 2.26. The van der Waals surface area contributed by atoms with Gasteiger partial charge in [0.2, 0.25) is 0 Å². The maximum Gasteiger partial charge on any atom is 0.131 e. The van der Waals surface area contributed by atoms with Gasteiger partial charge in [-0.3, -0.25) is 0 Å². The van der Waals surface area contributed by atoms with Gasteiger partial charge in [0.15, 0.2) is 0 Å². The zero-order valence-electron chi connectivity index (χ0n) is 10.4. The standard InChI is InChI=1S/C14H17NO2S/c1-2-3-8-17-12-6-4-5-11(10-12)13(16)14-15-7-9-18-14/h4-7,9-10,13,16H,2-3,8H2,1H3. The number of hydrogen-bond acceptors (Lipinski definition) is 4. The Balaban J connectivity index is 2.07. The molecule has 0 saturated heterocycles. The summed E-state index contributed by atoms with van der Waals surface area (Å²) in [4.78, 5) is 4.13. The number of unbranched alkanes of at least 4 members (excludes halogenated alkanes) is 1. The molecule has 1 unspecified atom stereocenters. The summed E-state index contributed by atoms with van der Waals surface area (Å²) in [5, 5.41) is 12.7. The van der Waals surface area contributed by atoms with Crippen molar-refractivity contribution in [1.82, 2.24) is 4.98 Å². The van der Waals surface area contributed by atoms with E-state index in [2.05, 4.69) is 11.9 Å². The van der Waals surface area contributed by atoms with Crippen LogP contribution in [0.3, 0.4) is 0 Å². The average molecular weight is 263 g/mol. The van der Waals surface area contributed by atoms with Crippen LogP contribution in [0.2, 0.25) is 0 Å². The Hall–Kier alpha value is -1.39. The minimum Gasteiger partial charge on any atom is -0.494 e. The summed E-state index contributed by atoms with van der Waals surface area (Å²) in [5.41, 5.74) is 0.818. The van der Waals surface area contributed by atoms with Crippen molar-refractivity contribution in [3.05, 3.63) is 46.4 Å². The van der Waals surface area contributed by atoms with E-state index in [1.165, 1.54) is 11.3 Å². The molecule has 1 heterocycles. The number of benzene rings is 1. The fourth-order valence-electron chi connectivity index (χ4n) is 1.62. The fraction of sp³-hybridized carbons (Fsp3) is 0.357. The molecule has 0 aliphatic heterocycles. The van der Waals surface area contributed by atoms with Crippen LogP contribution in [0.15, 0.2) is 35.8 Å². The number of hydrogen-bond donors (Lipinski definition) is 1. The van der Waals surface area contributed by atoms with Gasteiger partial charge in [-0.25, -0.2) is 4.98 Å². The normalized spacial score (nSPS) is 12.3. The molecule has 1 aromatic carbocycles. The fourth-order valence-corrected chi connectivity index (χ4v) is 2.27. The summed E-state index contributed by atoms with van der Waals surface area (Å²) >= 11 is 1.45. The summed E-state index contributed by atoms with van der Waals surface area (Å²) in [6.45, 7) is 2.85. The van der Waals surface area contributed by atoms with E-state index in [-0.39, 0.29) is 0 Å². The molecule has 2 rings (SSSR count). The quantitative estimate of drug-likeness (QED) is 0.812. The Morgan fingerprint density at radius 1 is 1.44 bits per heavy atom. The van der Waals surface area contributed by atoms with E-state index >= 15 is 0 Å². The zero-order chi connectivity index (χ0) is 12.8. The highest BCUT2D eigenvalue weighted by atomic mass is 32.1. The van der Waals surface area contributed by atoms with Gasteiger partial charge in [0.05, 0.1) is 6.61 Å². The second-order valence-electron chi connectivity index (χ2n) is 4.05. The summed E-state index contributed by atoms with van der Waals surface area (Å²) in [7, 11) is 0. The Labute approximate surface area is 111 Å². The molecule has 0 aliphatic rings. The van der Waals surface area contributed by atoms with E-state index in [0.29, 0.717) is 11.6 Å². The van der Waals surface area contributed by atoms with Crippen molar-refractivity contribution in [2.75, 3.05) is 6.61 Å². The third kappa shape index (κ3) is 3.31. The van der Waals surface area contributed by atoms with Crippen molar-refractivity contribution in [2.24, 2.45) is 0 Å². The number of aliphatic hydroxyl groups excluding tert-OH is 1. The van der Waals surface area contributed by atoms with Crippen molar-refractivity contribution < 1.29 is 9.84 Å². The van der Waals surface area contributed by atoms with Crippen LogP contribution >= 0.6 is 11.3 Å². The van der Waals surface area contributed by atoms with Gasteiger partial charge in [-0.15, -0.1) is 11.3 Å². The lowest BCUT2D eigenvalue weighted by molar-refractivity contribution is 0.218. The number of aliphatic hydroxyl groups is 1. The molecule has 0 saturated carbocycles. The van der Waals surface area contributed by atoms with E-state index in [1.54, 1.807) is 6.20 Å². The summed E-state index contributed by atoms with van der Waals surface area (Å²) in [5.74, 6) is 0.802. The van der Waals surface area contributed by atoms with Gasteiger partial charge in [0.25, 0.3) is 0 Å². The van der Waals surface area contributed by atoms with Crippen molar-refractivity contribution >= 4 is 11.3 Å². The second-order valence-corrected chi connectivity index (χ2v) is 4.97. The predicted octanol–water partition coefficient (Wildman–Crippen LogP) is 3.40. The Bertz CT molecular complexity index is 470. The average Bonchev–Trinajstić information content (AvgIpc) is 2.92. The van der Waals surface area contributed by atoms with Gasteiger partial charge in [0, 0.05) is 11.6 Å². The van der Waals surface area contributed by atoms with Crippen molar-refractivity contribution in [3.8, 4) is 5.75 Å². The van der Waals surface area contributed by atoms with Crippen LogP contribution in [-0.2, 0) is 0 Å². The first-order valence-electron chi connectivity index (χ1n) is 6.11. The molecule has 0 spiro atoms. The lowest BCUT2D eigenvalue weighted by Crippen LogP contribution is -2.01. The highest BCUT2D eigenvalue weighted by molar-refractivity contribution is 7.09. The van der Waals surface area contributed by atoms with Crippen LogP contribution < -0.4 is 4.74 Å². The van der Waals surface area contributed by atoms with Crippen LogP contribution in [0, 0.1) is 0 Å². The number of rotatable bonds is 6. The first-order chi connectivity index (χ1) is 8.81. The van der Waals surface area contributed by atoms with Gasteiger partial charge in [-0.1, -0.05) is 25.5 Å². The molecule has 1 aromatic heterocycles. The van der Waals surface area contributed by atoms with Gasteiger partial charge in [0.1, 0.15) is 16.9 Å². The van der Waals surface area contributed by atoms with Crippen LogP contribution in [-0.4, -0.2) is 16.7 Å². The number of ether oxygens (including phenoxy) is 1. The lowest BCUT2D eigenvalue weighted by Gasteiger charge is -2.10. The van der Waals surface area contributed by atoms with E-state index < -0.39 is 6.10 Å². The molecule has 1 N–H and O–H groups in total. The molecule has 2 aromatic rings. The number of aromatic nitrogens is 1. The van der Waals surface area contributed by atoms with Crippen LogP contribution in [0.5, 0.6) is 5.75 Å². The maximum atomic E-state index is 10.2. The van der Waals surface area contributed by atoms with Crippen LogP contribution in [0.4, 0.5) is 0 Å². The first-order valence-corrected chi connectivity index (χ1v) is 6.99. The molecule has 1 atom stereocenters. The topological polar surface area (TPSA) is 42.4 Å². The molecule has 96 valence electrons. The highest BCUT2D eigenvalue weighted by Gasteiger charge is 2.13. The van der Waals surface area contributed by atoms with Crippen molar-refractivity contribution in [1.29, 1.82) is 0 Å². The van der Waals surface area contributed by atoms with E-state index in [9.17, 15) is 5.11 Å². The van der Waals surface area contributed by atoms with Crippen molar-refractivity contribution in [2.45, 2.75) is 25.9 Å². The summed E-state index contributed by atoms with van der Waals surface area (Å²) < 4.78 is 5.63. The first kappa shape index (κ1) is 13.1. The Kier molecular flexibility index (Phi) is 4.73. The lowest BCUT2D eigenvalue weighted by atomic mass is 10.1. The molecule has 3 nitrogen and oxygen atoms in total. The minimum absolute atomic E-state index is 0.667. The third-order valence-corrected chi connectivity index (χ3v) is 3.45. The Morgan fingerprint density at radius 2 is 2.33 bits per heavy atom. The molecule has 0 radical (unpaired) electrons. The second kappa shape index (κ2) is 6.52. The molecule has 0 bridgehead atoms. The maximum absolute atomic E-state index is 10.2. The molecule has 0 fully saturated rings. The molecular weight excluding hydrogens is 246 g/mol. The zero-order valence-corrected chi connectivity index (χ0v) is 11.2. The minimum atomic E-state index is -0.667. The van der Waals surface area contributed by atoms with E-state index in [0.717, 1.165) is 24.2 Å². The Morgan fingerprint density at radius 3 is 3.06 bits per heavy atom. The van der Waals surface area contributed by atoms with E-state index in [4.69, 9.17) is 4.74 Å². The molecule has 0 aliphatic carbocycles. The van der Waals surface area contributed by atoms with Gasteiger partial charge in [-0.2, -0.15) is 0 Å². The number of thiazole rings is 1. The molecular formula is C14H17NO2S. The third-order valence-electron chi connectivity index (χ3n) is 2.63. The van der Waals surface area contributed by atoms with Gasteiger partial charge in [-0.05, 0) is 24.1 Å². The van der Waals surface area contributed by atoms with Crippen LogP contribution in [0.25, 0.3) is 0 Å².